The molecule has 1 aromatic carbocycles. The molecule has 0 radical (unpaired) electrons. The second-order valence-electron chi connectivity index (χ2n) is 6.11. The van der Waals surface area contributed by atoms with Crippen LogP contribution in [0.4, 0.5) is 5.69 Å². The molecule has 24 heavy (non-hydrogen) atoms. The highest BCUT2D eigenvalue weighted by molar-refractivity contribution is 6.33. The summed E-state index contributed by atoms with van der Waals surface area (Å²) < 4.78 is 5.38. The van der Waals surface area contributed by atoms with Gasteiger partial charge in [0.15, 0.2) is 11.6 Å². The fourth-order valence-corrected chi connectivity index (χ4v) is 3.53. The van der Waals surface area contributed by atoms with Gasteiger partial charge in [-0.15, -0.1) is 0 Å². The topological polar surface area (TPSA) is 55.3 Å². The Bertz CT molecular complexity index is 788. The van der Waals surface area contributed by atoms with Gasteiger partial charge in [0.25, 0.3) is 0 Å². The number of carbonyl (C=O) groups excluding carboxylic acids is 1. The van der Waals surface area contributed by atoms with E-state index < -0.39 is 0 Å². The van der Waals surface area contributed by atoms with Gasteiger partial charge in [0.1, 0.15) is 5.69 Å². The van der Waals surface area contributed by atoms with Gasteiger partial charge in [0.05, 0.1) is 23.9 Å². The van der Waals surface area contributed by atoms with Crippen molar-refractivity contribution in [3.63, 3.8) is 0 Å². The first-order valence-corrected chi connectivity index (χ1v) is 8.62. The molecule has 6 heteroatoms. The minimum Gasteiger partial charge on any atom is -0.378 e. The number of ether oxygens (including phenoxy) is 1. The van der Waals surface area contributed by atoms with Crippen LogP contribution in [0.3, 0.4) is 0 Å². The SMILES string of the molecule is O=C1CCCc2cnc(-c3ccc(N4CCOCC4)c(Cl)c3)nc21. The van der Waals surface area contributed by atoms with Gasteiger partial charge < -0.3 is 9.64 Å². The van der Waals surface area contributed by atoms with Gasteiger partial charge in [-0.3, -0.25) is 4.79 Å². The molecule has 0 bridgehead atoms. The van der Waals surface area contributed by atoms with E-state index in [1.807, 2.05) is 18.2 Å². The first-order valence-electron chi connectivity index (χ1n) is 8.24. The van der Waals surface area contributed by atoms with Gasteiger partial charge in [0, 0.05) is 31.3 Å². The molecule has 1 aromatic heterocycles. The van der Waals surface area contributed by atoms with Crippen LogP contribution in [0, 0.1) is 0 Å². The van der Waals surface area contributed by atoms with Gasteiger partial charge in [-0.1, -0.05) is 11.6 Å². The first-order chi connectivity index (χ1) is 11.7. The minimum absolute atomic E-state index is 0.107. The Hall–Kier alpha value is -1.98. The number of fused-ring (bicyclic) bond motifs is 1. The Kier molecular flexibility index (Phi) is 4.21. The van der Waals surface area contributed by atoms with Gasteiger partial charge in [-0.05, 0) is 36.6 Å². The third-order valence-electron chi connectivity index (χ3n) is 4.54. The minimum atomic E-state index is 0.107. The fraction of sp³-hybridized carbons (Fsp3) is 0.389. The Morgan fingerprint density at radius 3 is 2.79 bits per heavy atom. The summed E-state index contributed by atoms with van der Waals surface area (Å²) in [6.07, 6.45) is 4.10. The molecule has 0 N–H and O–H groups in total. The van der Waals surface area contributed by atoms with Crippen molar-refractivity contribution in [1.82, 2.24) is 9.97 Å². The number of carbonyl (C=O) groups is 1. The average Bonchev–Trinajstić information content (AvgIpc) is 2.62. The van der Waals surface area contributed by atoms with E-state index in [4.69, 9.17) is 16.3 Å². The monoisotopic (exact) mass is 343 g/mol. The molecule has 0 atom stereocenters. The summed E-state index contributed by atoms with van der Waals surface area (Å²) in [6.45, 7) is 3.11. The van der Waals surface area contributed by atoms with E-state index in [1.54, 1.807) is 6.20 Å². The molecule has 0 saturated carbocycles. The highest BCUT2D eigenvalue weighted by atomic mass is 35.5. The van der Waals surface area contributed by atoms with Crippen LogP contribution in [0.25, 0.3) is 11.4 Å². The van der Waals surface area contributed by atoms with Crippen LogP contribution >= 0.6 is 11.6 Å². The number of nitrogens with zero attached hydrogens (tertiary/aromatic N) is 3. The lowest BCUT2D eigenvalue weighted by molar-refractivity contribution is 0.0967. The van der Waals surface area contributed by atoms with E-state index in [9.17, 15) is 4.79 Å². The molecule has 1 aliphatic carbocycles. The number of benzene rings is 1. The summed E-state index contributed by atoms with van der Waals surface area (Å²) in [5.74, 6) is 0.662. The lowest BCUT2D eigenvalue weighted by atomic mass is 9.96. The lowest BCUT2D eigenvalue weighted by Gasteiger charge is -2.29. The van der Waals surface area contributed by atoms with Crippen LogP contribution < -0.4 is 4.90 Å². The largest absolute Gasteiger partial charge is 0.378 e. The lowest BCUT2D eigenvalue weighted by Crippen LogP contribution is -2.36. The van der Waals surface area contributed by atoms with Crippen LogP contribution in [-0.2, 0) is 11.2 Å². The Labute approximate surface area is 145 Å². The molecule has 2 heterocycles. The average molecular weight is 344 g/mol. The summed E-state index contributed by atoms with van der Waals surface area (Å²) in [5.41, 5.74) is 3.35. The molecule has 2 aliphatic rings. The smallest absolute Gasteiger partial charge is 0.181 e. The predicted molar refractivity (Wildman–Crippen MR) is 92.8 cm³/mol. The van der Waals surface area contributed by atoms with E-state index >= 15 is 0 Å². The predicted octanol–water partition coefficient (Wildman–Crippen LogP) is 3.15. The number of ketones is 1. The van der Waals surface area contributed by atoms with Crippen molar-refractivity contribution in [3.8, 4) is 11.4 Å². The van der Waals surface area contributed by atoms with E-state index in [2.05, 4.69) is 14.9 Å². The molecule has 124 valence electrons. The van der Waals surface area contributed by atoms with Crippen molar-refractivity contribution < 1.29 is 9.53 Å². The highest BCUT2D eigenvalue weighted by Crippen LogP contribution is 2.31. The summed E-state index contributed by atoms with van der Waals surface area (Å²) >= 11 is 6.48. The summed E-state index contributed by atoms with van der Waals surface area (Å²) in [4.78, 5) is 23.2. The number of aryl methyl sites for hydroxylation is 1. The van der Waals surface area contributed by atoms with E-state index in [0.29, 0.717) is 36.2 Å². The second kappa shape index (κ2) is 6.49. The van der Waals surface area contributed by atoms with Crippen LogP contribution in [0.2, 0.25) is 5.02 Å². The summed E-state index contributed by atoms with van der Waals surface area (Å²) in [7, 11) is 0. The van der Waals surface area contributed by atoms with Crippen LogP contribution in [0.5, 0.6) is 0 Å². The van der Waals surface area contributed by atoms with Crippen molar-refractivity contribution in [3.05, 3.63) is 40.7 Å². The maximum absolute atomic E-state index is 12.1. The zero-order valence-electron chi connectivity index (χ0n) is 13.3. The number of aromatic nitrogens is 2. The molecular formula is C18H18ClN3O2. The third kappa shape index (κ3) is 2.89. The maximum Gasteiger partial charge on any atom is 0.181 e. The van der Waals surface area contributed by atoms with E-state index in [-0.39, 0.29) is 5.78 Å². The standard InChI is InChI=1S/C18H18ClN3O2/c19-14-10-12(4-5-15(14)22-6-8-24-9-7-22)18-20-11-13-2-1-3-16(23)17(13)21-18/h4-5,10-11H,1-3,6-9H2. The molecule has 0 unspecified atom stereocenters. The Morgan fingerprint density at radius 1 is 1.17 bits per heavy atom. The molecule has 2 aromatic rings. The van der Waals surface area contributed by atoms with Crippen molar-refractivity contribution in [2.75, 3.05) is 31.2 Å². The van der Waals surface area contributed by atoms with Crippen molar-refractivity contribution in [1.29, 1.82) is 0 Å². The van der Waals surface area contributed by atoms with Gasteiger partial charge in [-0.25, -0.2) is 9.97 Å². The van der Waals surface area contributed by atoms with Crippen LogP contribution in [-0.4, -0.2) is 42.1 Å². The van der Waals surface area contributed by atoms with Crippen LogP contribution in [0.1, 0.15) is 28.9 Å². The number of hydrogen-bond acceptors (Lipinski definition) is 5. The molecule has 1 aliphatic heterocycles. The number of rotatable bonds is 2. The summed E-state index contributed by atoms with van der Waals surface area (Å²) in [5, 5.41) is 0.669. The quantitative estimate of drug-likeness (QED) is 0.838. The van der Waals surface area contributed by atoms with Gasteiger partial charge >= 0.3 is 0 Å². The number of Topliss-reactive ketones (excluding diaryl/α,β-unsaturated/α-hetero) is 1. The number of morpholine rings is 1. The van der Waals surface area contributed by atoms with E-state index in [1.165, 1.54) is 0 Å². The molecule has 1 saturated heterocycles. The molecule has 1 fully saturated rings. The second-order valence-corrected chi connectivity index (χ2v) is 6.52. The highest BCUT2D eigenvalue weighted by Gasteiger charge is 2.21. The van der Waals surface area contributed by atoms with Gasteiger partial charge in [0.2, 0.25) is 0 Å². The summed E-state index contributed by atoms with van der Waals surface area (Å²) in [6, 6.07) is 5.83. The zero-order chi connectivity index (χ0) is 16.5. The first kappa shape index (κ1) is 15.5. The maximum atomic E-state index is 12.1. The molecule has 4 rings (SSSR count). The molecular weight excluding hydrogens is 326 g/mol. The van der Waals surface area contributed by atoms with Crippen molar-refractivity contribution in [2.24, 2.45) is 0 Å². The zero-order valence-corrected chi connectivity index (χ0v) is 14.1. The molecule has 0 amide bonds. The van der Waals surface area contributed by atoms with E-state index in [0.717, 1.165) is 42.7 Å². The molecule has 5 nitrogen and oxygen atoms in total. The molecule has 0 spiro atoms. The number of hydrogen-bond donors (Lipinski definition) is 0. The number of anilines is 1. The van der Waals surface area contributed by atoms with Crippen molar-refractivity contribution >= 4 is 23.1 Å². The third-order valence-corrected chi connectivity index (χ3v) is 4.84. The fourth-order valence-electron chi connectivity index (χ4n) is 3.23. The Morgan fingerprint density at radius 2 is 2.00 bits per heavy atom. The normalized spacial score (nSPS) is 17.7. The Balaban J connectivity index is 1.66. The number of halogens is 1. The van der Waals surface area contributed by atoms with Gasteiger partial charge in [-0.2, -0.15) is 0 Å². The van der Waals surface area contributed by atoms with Crippen LogP contribution in [0.15, 0.2) is 24.4 Å². The van der Waals surface area contributed by atoms with Crippen molar-refractivity contribution in [2.45, 2.75) is 19.3 Å².